The molecular weight excluding hydrogens is 408 g/mol. The number of nitrogens with one attached hydrogen (secondary N) is 1. The molecule has 2 amide bonds. The number of aromatic nitrogens is 2. The molecule has 3 aliphatic rings. The van der Waals surface area contributed by atoms with Crippen LogP contribution in [0, 0.1) is 5.92 Å². The van der Waals surface area contributed by atoms with Gasteiger partial charge in [0.15, 0.2) is 6.10 Å². The first kappa shape index (κ1) is 21.0. The molecule has 170 valence electrons. The first-order valence-electron chi connectivity index (χ1n) is 11.5. The van der Waals surface area contributed by atoms with E-state index in [-0.39, 0.29) is 17.7 Å². The number of hydrogen-bond acceptors (Lipinski definition) is 5. The number of carbonyl (C=O) groups is 2. The van der Waals surface area contributed by atoms with Gasteiger partial charge in [0.05, 0.1) is 13.7 Å². The Hall–Kier alpha value is -2.87. The summed E-state index contributed by atoms with van der Waals surface area (Å²) < 4.78 is 13.7. The van der Waals surface area contributed by atoms with Crippen LogP contribution in [0.25, 0.3) is 0 Å². The third kappa shape index (κ3) is 3.88. The summed E-state index contributed by atoms with van der Waals surface area (Å²) in [7, 11) is 1.63. The van der Waals surface area contributed by atoms with Crippen molar-refractivity contribution < 1.29 is 19.1 Å². The van der Waals surface area contributed by atoms with Crippen molar-refractivity contribution in [1.29, 1.82) is 0 Å². The minimum Gasteiger partial charge on any atom is -0.497 e. The van der Waals surface area contributed by atoms with E-state index in [4.69, 9.17) is 9.47 Å². The first-order chi connectivity index (χ1) is 15.6. The van der Waals surface area contributed by atoms with E-state index in [1.807, 2.05) is 39.9 Å². The van der Waals surface area contributed by atoms with Crippen LogP contribution in [0.3, 0.4) is 0 Å². The molecule has 1 saturated carbocycles. The van der Waals surface area contributed by atoms with E-state index in [1.54, 1.807) is 13.3 Å². The highest BCUT2D eigenvalue weighted by atomic mass is 16.5. The van der Waals surface area contributed by atoms with Gasteiger partial charge < -0.3 is 24.3 Å². The van der Waals surface area contributed by atoms with E-state index in [2.05, 4.69) is 10.3 Å². The topological polar surface area (TPSA) is 85.7 Å². The summed E-state index contributed by atoms with van der Waals surface area (Å²) in [6.45, 7) is 2.15. The van der Waals surface area contributed by atoms with Gasteiger partial charge in [0.25, 0.3) is 5.91 Å². The lowest BCUT2D eigenvalue weighted by molar-refractivity contribution is -0.177. The van der Waals surface area contributed by atoms with Crippen LogP contribution in [-0.4, -0.2) is 52.6 Å². The molecule has 0 bridgehead atoms. The number of amides is 2. The van der Waals surface area contributed by atoms with Crippen molar-refractivity contribution in [2.45, 2.75) is 56.9 Å². The van der Waals surface area contributed by atoms with Gasteiger partial charge in [-0.05, 0) is 30.5 Å². The molecule has 2 aromatic rings. The predicted octanol–water partition coefficient (Wildman–Crippen LogP) is 2.22. The number of ether oxygens (including phenoxy) is 2. The molecule has 8 heteroatoms. The number of benzene rings is 1. The smallest absolute Gasteiger partial charge is 0.251 e. The van der Waals surface area contributed by atoms with Crippen molar-refractivity contribution in [3.05, 3.63) is 48.0 Å². The normalized spacial score (nSPS) is 22.2. The molecule has 1 aromatic carbocycles. The van der Waals surface area contributed by atoms with Crippen molar-refractivity contribution in [2.24, 2.45) is 5.92 Å². The lowest BCUT2D eigenvalue weighted by Crippen LogP contribution is -2.55. The van der Waals surface area contributed by atoms with Crippen LogP contribution in [-0.2, 0) is 33.0 Å². The van der Waals surface area contributed by atoms with Crippen LogP contribution in [0.5, 0.6) is 5.75 Å². The summed E-state index contributed by atoms with van der Waals surface area (Å²) >= 11 is 0. The van der Waals surface area contributed by atoms with Crippen molar-refractivity contribution in [1.82, 2.24) is 19.8 Å². The lowest BCUT2D eigenvalue weighted by atomic mass is 9.82. The van der Waals surface area contributed by atoms with Crippen LogP contribution >= 0.6 is 0 Å². The number of methoxy groups -OCH3 is 1. The summed E-state index contributed by atoms with van der Waals surface area (Å²) in [5.41, 5.74) is 0.371. The van der Waals surface area contributed by atoms with Gasteiger partial charge in [-0.3, -0.25) is 9.59 Å². The maximum absolute atomic E-state index is 13.0. The summed E-state index contributed by atoms with van der Waals surface area (Å²) in [6.07, 6.45) is 7.58. The van der Waals surface area contributed by atoms with Gasteiger partial charge >= 0.3 is 0 Å². The van der Waals surface area contributed by atoms with E-state index >= 15 is 0 Å². The fourth-order valence-electron chi connectivity index (χ4n) is 4.92. The van der Waals surface area contributed by atoms with Gasteiger partial charge in [-0.2, -0.15) is 0 Å². The highest BCUT2D eigenvalue weighted by molar-refractivity contribution is 5.81. The maximum Gasteiger partial charge on any atom is 0.251 e. The molecule has 3 heterocycles. The Labute approximate surface area is 187 Å². The number of likely N-dealkylation sites (tertiary alicyclic amines) is 1. The molecule has 1 atom stereocenters. The number of imidazole rings is 1. The highest BCUT2D eigenvalue weighted by Gasteiger charge is 2.48. The van der Waals surface area contributed by atoms with Gasteiger partial charge in [0, 0.05) is 50.8 Å². The van der Waals surface area contributed by atoms with E-state index < -0.39 is 11.7 Å². The minimum absolute atomic E-state index is 0.132. The number of carbonyl (C=O) groups excluding carboxylic acids is 2. The Morgan fingerprint density at radius 3 is 2.62 bits per heavy atom. The Kier molecular flexibility index (Phi) is 5.63. The van der Waals surface area contributed by atoms with E-state index in [1.165, 1.54) is 0 Å². The van der Waals surface area contributed by atoms with Crippen molar-refractivity contribution in [3.8, 4) is 5.75 Å². The Bertz CT molecular complexity index is 974. The summed E-state index contributed by atoms with van der Waals surface area (Å²) in [6, 6.07) is 7.63. The van der Waals surface area contributed by atoms with E-state index in [0.717, 1.165) is 36.4 Å². The zero-order valence-corrected chi connectivity index (χ0v) is 18.5. The number of hydrogen-bond donors (Lipinski definition) is 1. The Balaban J connectivity index is 1.25. The standard InChI is InChI=1S/C24H30N4O4/c1-31-19-7-5-17(6-8-19)15-26-21(29)20-16-28-14-11-25-23(28)24(32-20)9-12-27(13-10-24)22(30)18-3-2-4-18/h5-8,11,14,18,20H,2-4,9-10,12-13,15-16H2,1H3,(H,26,29)/t20-/m0/s1. The number of piperidine rings is 1. The molecule has 2 fully saturated rings. The molecule has 1 aliphatic carbocycles. The summed E-state index contributed by atoms with van der Waals surface area (Å²) in [5.74, 6) is 2.00. The highest BCUT2D eigenvalue weighted by Crippen LogP contribution is 2.41. The number of nitrogens with zero attached hydrogens (tertiary/aromatic N) is 3. The molecule has 1 spiro atoms. The third-order valence-corrected chi connectivity index (χ3v) is 7.11. The Morgan fingerprint density at radius 2 is 1.97 bits per heavy atom. The van der Waals surface area contributed by atoms with Gasteiger partial charge in [0.2, 0.25) is 5.91 Å². The molecule has 32 heavy (non-hydrogen) atoms. The van der Waals surface area contributed by atoms with Gasteiger partial charge in [-0.1, -0.05) is 18.6 Å². The van der Waals surface area contributed by atoms with E-state index in [9.17, 15) is 9.59 Å². The quantitative estimate of drug-likeness (QED) is 0.774. The average molecular weight is 439 g/mol. The van der Waals surface area contributed by atoms with Crippen LogP contribution < -0.4 is 10.1 Å². The molecule has 1 aromatic heterocycles. The lowest BCUT2D eigenvalue weighted by Gasteiger charge is -2.46. The molecule has 1 saturated heterocycles. The fourth-order valence-corrected chi connectivity index (χ4v) is 4.92. The SMILES string of the molecule is COc1ccc(CNC(=O)[C@@H]2Cn3ccnc3C3(CCN(C(=O)C4CCC4)CC3)O2)cc1. The predicted molar refractivity (Wildman–Crippen MR) is 117 cm³/mol. The zero-order chi connectivity index (χ0) is 22.1. The zero-order valence-electron chi connectivity index (χ0n) is 18.5. The molecule has 8 nitrogen and oxygen atoms in total. The van der Waals surface area contributed by atoms with Crippen LogP contribution in [0.15, 0.2) is 36.7 Å². The molecule has 0 radical (unpaired) electrons. The van der Waals surface area contributed by atoms with Crippen LogP contribution in [0.1, 0.15) is 43.5 Å². The molecule has 5 rings (SSSR count). The Morgan fingerprint density at radius 1 is 1.22 bits per heavy atom. The largest absolute Gasteiger partial charge is 0.497 e. The number of fused-ring (bicyclic) bond motifs is 2. The van der Waals surface area contributed by atoms with Crippen LogP contribution in [0.2, 0.25) is 0 Å². The van der Waals surface area contributed by atoms with Gasteiger partial charge in [-0.25, -0.2) is 4.98 Å². The maximum atomic E-state index is 13.0. The van der Waals surface area contributed by atoms with Gasteiger partial charge in [-0.15, -0.1) is 0 Å². The molecular formula is C24H30N4O4. The molecule has 2 aliphatic heterocycles. The monoisotopic (exact) mass is 438 g/mol. The van der Waals surface area contributed by atoms with Crippen molar-refractivity contribution >= 4 is 11.8 Å². The van der Waals surface area contributed by atoms with Crippen molar-refractivity contribution in [3.63, 3.8) is 0 Å². The van der Waals surface area contributed by atoms with Crippen molar-refractivity contribution in [2.75, 3.05) is 20.2 Å². The second kappa shape index (κ2) is 8.58. The fraction of sp³-hybridized carbons (Fsp3) is 0.542. The second-order valence-electron chi connectivity index (χ2n) is 9.02. The summed E-state index contributed by atoms with van der Waals surface area (Å²) in [4.78, 5) is 32.2. The average Bonchev–Trinajstić information content (AvgIpc) is 3.27. The minimum atomic E-state index is -0.625. The first-order valence-corrected chi connectivity index (χ1v) is 11.5. The molecule has 0 unspecified atom stereocenters. The van der Waals surface area contributed by atoms with E-state index in [0.29, 0.717) is 39.0 Å². The van der Waals surface area contributed by atoms with Crippen LogP contribution in [0.4, 0.5) is 0 Å². The molecule has 1 N–H and O–H groups in total. The van der Waals surface area contributed by atoms with Gasteiger partial charge in [0.1, 0.15) is 17.2 Å². The number of rotatable bonds is 5. The second-order valence-corrected chi connectivity index (χ2v) is 9.02. The summed E-state index contributed by atoms with van der Waals surface area (Å²) in [5, 5.41) is 3.01. The third-order valence-electron chi connectivity index (χ3n) is 7.11.